The van der Waals surface area contributed by atoms with E-state index in [1.807, 2.05) is 0 Å². The Hall–Kier alpha value is 1.76. The molecule has 0 aliphatic carbocycles. The van der Waals surface area contributed by atoms with Crippen LogP contribution in [0.2, 0.25) is 8.87 Å². The summed E-state index contributed by atoms with van der Waals surface area (Å²) in [6.07, 6.45) is 11.4. The van der Waals surface area contributed by atoms with Gasteiger partial charge in [-0.25, -0.2) is 0 Å². The monoisotopic (exact) mass is 504 g/mol. The van der Waals surface area contributed by atoms with Gasteiger partial charge in [0.05, 0.1) is 0 Å². The van der Waals surface area contributed by atoms with Crippen molar-refractivity contribution >= 4 is 39.3 Å². The molecule has 0 aromatic rings. The van der Waals surface area contributed by atoms with E-state index >= 15 is 0 Å². The molecule has 0 fully saturated rings. The summed E-state index contributed by atoms with van der Waals surface area (Å²) in [6, 6.07) is 0. The molecular formula is C16H34Br2Sn. The summed E-state index contributed by atoms with van der Waals surface area (Å²) in [5, 5.41) is 0. The Labute approximate surface area is 138 Å². The fraction of sp³-hybridized carbons (Fsp3) is 1.00. The second-order valence-corrected chi connectivity index (χ2v) is 42.1. The molecule has 0 atom stereocenters. The molecule has 0 amide bonds. The van der Waals surface area contributed by atoms with Gasteiger partial charge in [-0.15, -0.1) is 0 Å². The van der Waals surface area contributed by atoms with Crippen LogP contribution in [0.5, 0.6) is 0 Å². The Morgan fingerprint density at radius 3 is 1.32 bits per heavy atom. The quantitative estimate of drug-likeness (QED) is 0.189. The fourth-order valence-electron chi connectivity index (χ4n) is 2.35. The maximum absolute atomic E-state index is 4.07. The molecule has 0 aromatic heterocycles. The van der Waals surface area contributed by atoms with Gasteiger partial charge in [0, 0.05) is 0 Å². The van der Waals surface area contributed by atoms with Crippen molar-refractivity contribution in [3.63, 3.8) is 0 Å². The van der Waals surface area contributed by atoms with Gasteiger partial charge in [-0.2, -0.15) is 0 Å². The molecule has 0 aromatic carbocycles. The predicted molar refractivity (Wildman–Crippen MR) is 99.8 cm³/mol. The van der Waals surface area contributed by atoms with E-state index in [1.165, 1.54) is 60.2 Å². The Morgan fingerprint density at radius 1 is 0.632 bits per heavy atom. The van der Waals surface area contributed by atoms with E-state index in [0.717, 1.165) is 11.8 Å². The summed E-state index contributed by atoms with van der Waals surface area (Å²) in [7, 11) is 0. The Morgan fingerprint density at radius 2 is 1.00 bits per heavy atom. The molecule has 0 spiro atoms. The van der Waals surface area contributed by atoms with E-state index < -0.39 is 13.9 Å². The molecule has 0 aliphatic heterocycles. The van der Waals surface area contributed by atoms with E-state index in [9.17, 15) is 0 Å². The molecular weight excluding hydrogens is 471 g/mol. The van der Waals surface area contributed by atoms with Crippen molar-refractivity contribution in [2.24, 2.45) is 11.8 Å². The number of unbranched alkanes of at least 4 members (excludes halogenated alkanes) is 4. The summed E-state index contributed by atoms with van der Waals surface area (Å²) in [5.41, 5.74) is 0. The van der Waals surface area contributed by atoms with Crippen LogP contribution in [-0.2, 0) is 0 Å². The van der Waals surface area contributed by atoms with E-state index in [0.29, 0.717) is 0 Å². The van der Waals surface area contributed by atoms with Crippen LogP contribution in [-0.4, -0.2) is 13.9 Å². The molecule has 0 aliphatic rings. The Bertz CT molecular complexity index is 183. The maximum atomic E-state index is 4.07. The van der Waals surface area contributed by atoms with Gasteiger partial charge < -0.3 is 0 Å². The van der Waals surface area contributed by atoms with E-state index in [4.69, 9.17) is 0 Å². The number of rotatable bonds is 12. The topological polar surface area (TPSA) is 0 Å². The van der Waals surface area contributed by atoms with Gasteiger partial charge in [0.2, 0.25) is 0 Å². The third-order valence-electron chi connectivity index (χ3n) is 3.65. The van der Waals surface area contributed by atoms with E-state index in [2.05, 4.69) is 53.1 Å². The molecule has 19 heavy (non-hydrogen) atoms. The normalized spacial score (nSPS) is 12.6. The predicted octanol–water partition coefficient (Wildman–Crippen LogP) is 7.65. The zero-order chi connectivity index (χ0) is 14.7. The summed E-state index contributed by atoms with van der Waals surface area (Å²) in [4.78, 5) is 0. The fourth-order valence-corrected chi connectivity index (χ4v) is 15.0. The van der Waals surface area contributed by atoms with Gasteiger partial charge in [-0.1, -0.05) is 0 Å². The second-order valence-electron chi connectivity index (χ2n) is 6.84. The molecule has 0 heterocycles. The third-order valence-corrected chi connectivity index (χ3v) is 20.5. The summed E-state index contributed by atoms with van der Waals surface area (Å²) in [5.74, 6) is 1.75. The van der Waals surface area contributed by atoms with Crippen LogP contribution in [0.15, 0.2) is 0 Å². The summed E-state index contributed by atoms with van der Waals surface area (Å²) >= 11 is 6.17. The van der Waals surface area contributed by atoms with Crippen molar-refractivity contribution in [2.75, 3.05) is 0 Å². The minimum atomic E-state index is -1.97. The van der Waals surface area contributed by atoms with Crippen LogP contribution in [0, 0.1) is 11.8 Å². The van der Waals surface area contributed by atoms with Crippen LogP contribution in [0.4, 0.5) is 0 Å². The van der Waals surface area contributed by atoms with Gasteiger partial charge in [-0.05, 0) is 0 Å². The standard InChI is InChI=1S/2C8H17.2BrH.Sn/c2*1-4-5-6-7-8(2)3;;;/h2*8H,1,4-7H2,2-3H3;2*1H;/q;;;;+2/p-2. The Balaban J connectivity index is 3.46. The molecule has 0 N–H and O–H groups in total. The van der Waals surface area contributed by atoms with Gasteiger partial charge >= 0.3 is 139 Å². The van der Waals surface area contributed by atoms with Crippen LogP contribution in [0.1, 0.15) is 79.1 Å². The van der Waals surface area contributed by atoms with Crippen molar-refractivity contribution < 1.29 is 0 Å². The van der Waals surface area contributed by atoms with Crippen LogP contribution in [0.25, 0.3) is 0 Å². The molecule has 0 saturated carbocycles. The Kier molecular flexibility index (Phi) is 13.5. The van der Waals surface area contributed by atoms with Gasteiger partial charge in [0.1, 0.15) is 0 Å². The summed E-state index contributed by atoms with van der Waals surface area (Å²) < 4.78 is 2.94. The molecule has 0 saturated heterocycles. The molecule has 116 valence electrons. The van der Waals surface area contributed by atoms with Crippen molar-refractivity contribution in [1.82, 2.24) is 0 Å². The van der Waals surface area contributed by atoms with Crippen LogP contribution >= 0.6 is 25.4 Å². The molecule has 0 nitrogen and oxygen atoms in total. The number of halogens is 2. The van der Waals surface area contributed by atoms with Gasteiger partial charge in [0.25, 0.3) is 0 Å². The van der Waals surface area contributed by atoms with Gasteiger partial charge in [-0.3, -0.25) is 0 Å². The SMILES string of the molecule is CC(C)CCCC[CH2][Sn]([Br])([Br])[CH2]CCCCC(C)C. The molecule has 0 unspecified atom stereocenters. The summed E-state index contributed by atoms with van der Waals surface area (Å²) in [6.45, 7) is 9.32. The first kappa shape index (κ1) is 20.8. The molecule has 3 heteroatoms. The van der Waals surface area contributed by atoms with Crippen LogP contribution in [0.3, 0.4) is 0 Å². The first-order valence-corrected chi connectivity index (χ1v) is 25.0. The second kappa shape index (κ2) is 12.3. The molecule has 0 bridgehead atoms. The van der Waals surface area contributed by atoms with Crippen molar-refractivity contribution in [3.8, 4) is 0 Å². The zero-order valence-electron chi connectivity index (χ0n) is 13.5. The average Bonchev–Trinajstić information content (AvgIpc) is 2.27. The molecule has 0 radical (unpaired) electrons. The van der Waals surface area contributed by atoms with E-state index in [-0.39, 0.29) is 0 Å². The van der Waals surface area contributed by atoms with Crippen molar-refractivity contribution in [1.29, 1.82) is 0 Å². The van der Waals surface area contributed by atoms with Gasteiger partial charge in [0.15, 0.2) is 0 Å². The van der Waals surface area contributed by atoms with Crippen molar-refractivity contribution in [2.45, 2.75) is 87.9 Å². The first-order valence-electron chi connectivity index (χ1n) is 8.21. The van der Waals surface area contributed by atoms with Crippen molar-refractivity contribution in [3.05, 3.63) is 0 Å². The number of hydrogen-bond donors (Lipinski definition) is 0. The number of hydrogen-bond acceptors (Lipinski definition) is 0. The minimum absolute atomic E-state index is 0.877. The van der Waals surface area contributed by atoms with E-state index in [1.54, 1.807) is 0 Å². The first-order chi connectivity index (χ1) is 8.83. The molecule has 0 rings (SSSR count). The zero-order valence-corrected chi connectivity index (χ0v) is 19.5. The van der Waals surface area contributed by atoms with Crippen LogP contribution < -0.4 is 0 Å². The third kappa shape index (κ3) is 16.0. The average molecular weight is 505 g/mol.